The average Bonchev–Trinajstić information content (AvgIpc) is 2.66. The maximum absolute atomic E-state index is 13.5. The lowest BCUT2D eigenvalue weighted by molar-refractivity contribution is 0.0948. The smallest absolute Gasteiger partial charge is 0.271 e. The van der Waals surface area contributed by atoms with Gasteiger partial charge in [-0.25, -0.2) is 14.4 Å². The van der Waals surface area contributed by atoms with Crippen molar-refractivity contribution >= 4 is 29.0 Å². The second-order valence-corrected chi connectivity index (χ2v) is 5.90. The number of hydrogen-bond acceptors (Lipinski definition) is 4. The molecule has 2 aromatic carbocycles. The van der Waals surface area contributed by atoms with Crippen molar-refractivity contribution < 1.29 is 9.18 Å². The van der Waals surface area contributed by atoms with Gasteiger partial charge in [0.25, 0.3) is 5.91 Å². The van der Waals surface area contributed by atoms with Crippen molar-refractivity contribution in [3.63, 3.8) is 0 Å². The van der Waals surface area contributed by atoms with Gasteiger partial charge in [-0.2, -0.15) is 0 Å². The van der Waals surface area contributed by atoms with Crippen LogP contribution in [0, 0.1) is 5.82 Å². The van der Waals surface area contributed by atoms with E-state index in [2.05, 4.69) is 20.6 Å². The van der Waals surface area contributed by atoms with E-state index in [9.17, 15) is 9.18 Å². The summed E-state index contributed by atoms with van der Waals surface area (Å²) in [6.07, 6.45) is 3.23. The molecule has 1 heterocycles. The van der Waals surface area contributed by atoms with E-state index >= 15 is 0 Å². The number of carbonyl (C=O) groups excluding carboxylic acids is 1. The van der Waals surface area contributed by atoms with Crippen molar-refractivity contribution in [2.45, 2.75) is 6.42 Å². The molecule has 0 saturated heterocycles. The number of rotatable bonds is 6. The number of hydrogen-bond donors (Lipinski definition) is 2. The van der Waals surface area contributed by atoms with Crippen molar-refractivity contribution in [3.05, 3.63) is 83.0 Å². The molecular formula is C19H16ClFN4O. The minimum Gasteiger partial charge on any atom is -0.350 e. The molecule has 0 radical (unpaired) electrons. The summed E-state index contributed by atoms with van der Waals surface area (Å²) < 4.78 is 13.5. The van der Waals surface area contributed by atoms with Crippen molar-refractivity contribution in [2.75, 3.05) is 11.9 Å². The predicted molar refractivity (Wildman–Crippen MR) is 99.2 cm³/mol. The monoisotopic (exact) mass is 370 g/mol. The van der Waals surface area contributed by atoms with Gasteiger partial charge in [-0.1, -0.05) is 41.9 Å². The minimum atomic E-state index is -0.363. The van der Waals surface area contributed by atoms with Crippen molar-refractivity contribution in [1.29, 1.82) is 0 Å². The van der Waals surface area contributed by atoms with Gasteiger partial charge >= 0.3 is 0 Å². The molecule has 0 spiro atoms. The zero-order valence-corrected chi connectivity index (χ0v) is 14.5. The predicted octanol–water partition coefficient (Wildman–Crippen LogP) is 3.99. The van der Waals surface area contributed by atoms with Crippen LogP contribution in [0.3, 0.4) is 0 Å². The second-order valence-electron chi connectivity index (χ2n) is 5.49. The van der Waals surface area contributed by atoms with Crippen molar-refractivity contribution in [1.82, 2.24) is 15.3 Å². The van der Waals surface area contributed by atoms with E-state index in [1.165, 1.54) is 18.5 Å². The zero-order valence-electron chi connectivity index (χ0n) is 13.7. The third-order valence-corrected chi connectivity index (χ3v) is 3.99. The highest BCUT2D eigenvalue weighted by Gasteiger charge is 2.09. The minimum absolute atomic E-state index is 0.184. The number of aromatic nitrogens is 2. The second kappa shape index (κ2) is 8.40. The van der Waals surface area contributed by atoms with Crippen LogP contribution in [-0.4, -0.2) is 22.4 Å². The van der Waals surface area contributed by atoms with Crippen LogP contribution in [0.5, 0.6) is 0 Å². The molecule has 0 unspecified atom stereocenters. The fourth-order valence-corrected chi connectivity index (χ4v) is 2.50. The van der Waals surface area contributed by atoms with Crippen LogP contribution in [0.25, 0.3) is 0 Å². The molecule has 0 saturated carbocycles. The molecular weight excluding hydrogens is 355 g/mol. The fraction of sp³-hybridized carbons (Fsp3) is 0.105. The van der Waals surface area contributed by atoms with Crippen LogP contribution in [0.2, 0.25) is 5.02 Å². The largest absolute Gasteiger partial charge is 0.350 e. The first-order chi connectivity index (χ1) is 12.6. The topological polar surface area (TPSA) is 66.9 Å². The van der Waals surface area contributed by atoms with Crippen LogP contribution < -0.4 is 10.6 Å². The Morgan fingerprint density at radius 3 is 2.54 bits per heavy atom. The van der Waals surface area contributed by atoms with Gasteiger partial charge in [0, 0.05) is 6.54 Å². The van der Waals surface area contributed by atoms with E-state index in [-0.39, 0.29) is 17.4 Å². The first-order valence-electron chi connectivity index (χ1n) is 7.98. The van der Waals surface area contributed by atoms with Gasteiger partial charge in [0.1, 0.15) is 17.3 Å². The maximum Gasteiger partial charge on any atom is 0.271 e. The molecule has 1 aromatic heterocycles. The molecule has 26 heavy (non-hydrogen) atoms. The van der Waals surface area contributed by atoms with E-state index in [1.54, 1.807) is 24.3 Å². The first-order valence-corrected chi connectivity index (χ1v) is 8.36. The third-order valence-electron chi connectivity index (χ3n) is 3.66. The zero-order chi connectivity index (χ0) is 18.4. The number of nitrogens with one attached hydrogen (secondary N) is 2. The van der Waals surface area contributed by atoms with Crippen molar-refractivity contribution in [2.24, 2.45) is 0 Å². The Hall–Kier alpha value is -2.99. The Morgan fingerprint density at radius 2 is 1.81 bits per heavy atom. The molecule has 0 atom stereocenters. The summed E-state index contributed by atoms with van der Waals surface area (Å²) in [6.45, 7) is 0.307. The number of halogens is 2. The van der Waals surface area contributed by atoms with Gasteiger partial charge in [0.15, 0.2) is 0 Å². The molecule has 0 aliphatic rings. The van der Waals surface area contributed by atoms with Gasteiger partial charge < -0.3 is 10.6 Å². The lowest BCUT2D eigenvalue weighted by atomic mass is 10.1. The number of nitrogens with zero attached hydrogens (tertiary/aromatic N) is 2. The summed E-state index contributed by atoms with van der Waals surface area (Å²) in [4.78, 5) is 20.4. The van der Waals surface area contributed by atoms with Crippen LogP contribution in [0.1, 0.15) is 16.1 Å². The lowest BCUT2D eigenvalue weighted by Crippen LogP contribution is -2.26. The van der Waals surface area contributed by atoms with Gasteiger partial charge in [0.2, 0.25) is 0 Å². The number of carbonyl (C=O) groups is 1. The van der Waals surface area contributed by atoms with E-state index in [0.29, 0.717) is 35.1 Å². The Bertz CT molecular complexity index is 902. The third kappa shape index (κ3) is 4.55. The van der Waals surface area contributed by atoms with Gasteiger partial charge in [0.05, 0.1) is 23.1 Å². The fourth-order valence-electron chi connectivity index (χ4n) is 2.31. The van der Waals surface area contributed by atoms with Gasteiger partial charge in [-0.3, -0.25) is 4.79 Å². The molecule has 2 N–H and O–H groups in total. The molecule has 3 aromatic rings. The van der Waals surface area contributed by atoms with Crippen molar-refractivity contribution in [3.8, 4) is 0 Å². The Kier molecular flexibility index (Phi) is 5.76. The molecule has 7 heteroatoms. The van der Waals surface area contributed by atoms with E-state index in [1.807, 2.05) is 18.2 Å². The molecule has 3 rings (SSSR count). The molecule has 5 nitrogen and oxygen atoms in total. The summed E-state index contributed by atoms with van der Waals surface area (Å²) >= 11 is 6.07. The summed E-state index contributed by atoms with van der Waals surface area (Å²) in [5.41, 5.74) is 1.44. The van der Waals surface area contributed by atoms with Gasteiger partial charge in [-0.05, 0) is 30.2 Å². The van der Waals surface area contributed by atoms with Gasteiger partial charge in [-0.15, -0.1) is 0 Å². The summed E-state index contributed by atoms with van der Waals surface area (Å²) in [6, 6.07) is 13.7. The number of anilines is 2. The highest BCUT2D eigenvalue weighted by atomic mass is 35.5. The SMILES string of the molecule is O=C(NCCc1ccccc1F)c1cnc(Nc2ccccc2Cl)cn1. The number of amides is 1. The summed E-state index contributed by atoms with van der Waals surface area (Å²) in [5, 5.41) is 6.29. The molecule has 0 bridgehead atoms. The first kappa shape index (κ1) is 17.8. The maximum atomic E-state index is 13.5. The molecule has 1 amide bonds. The highest BCUT2D eigenvalue weighted by Crippen LogP contribution is 2.23. The Balaban J connectivity index is 1.55. The molecule has 0 aliphatic heterocycles. The van der Waals surface area contributed by atoms with Crippen LogP contribution in [0.4, 0.5) is 15.9 Å². The van der Waals surface area contributed by atoms with E-state index in [4.69, 9.17) is 11.6 Å². The summed E-state index contributed by atoms with van der Waals surface area (Å²) in [7, 11) is 0. The number of para-hydroxylation sites is 1. The standard InChI is InChI=1S/C19H16ClFN4O/c20-14-6-2-4-8-16(14)25-18-12-23-17(11-24-18)19(26)22-10-9-13-5-1-3-7-15(13)21/h1-8,11-12H,9-10H2,(H,22,26)(H,24,25). The molecule has 132 valence electrons. The average molecular weight is 371 g/mol. The molecule has 0 aliphatic carbocycles. The lowest BCUT2D eigenvalue weighted by Gasteiger charge is -2.08. The Morgan fingerprint density at radius 1 is 1.04 bits per heavy atom. The molecule has 0 fully saturated rings. The van der Waals surface area contributed by atoms with E-state index < -0.39 is 0 Å². The Labute approximate surface area is 155 Å². The van der Waals surface area contributed by atoms with Crippen LogP contribution in [-0.2, 0) is 6.42 Å². The van der Waals surface area contributed by atoms with Crippen LogP contribution in [0.15, 0.2) is 60.9 Å². The van der Waals surface area contributed by atoms with Crippen LogP contribution >= 0.6 is 11.6 Å². The highest BCUT2D eigenvalue weighted by molar-refractivity contribution is 6.33. The normalized spacial score (nSPS) is 10.4. The number of benzene rings is 2. The van der Waals surface area contributed by atoms with E-state index in [0.717, 1.165) is 0 Å². The quantitative estimate of drug-likeness (QED) is 0.688. The summed E-state index contributed by atoms with van der Waals surface area (Å²) in [5.74, 6) is -0.171.